The van der Waals surface area contributed by atoms with Crippen molar-refractivity contribution >= 4 is 76.8 Å². The zero-order valence-electron chi connectivity index (χ0n) is 65.9. The van der Waals surface area contributed by atoms with Gasteiger partial charge in [0.25, 0.3) is 0 Å². The standard InChI is InChI=1S/C74H133N17O15/c1-18-45(16)61(91-65(97)51(26-23-33-77)81-66(98)52(34-38(2)3)85-70(102)56(78)46(17)92)74(106)90-60(44(14)15)73(105)89-59(43(12)13)71(103)82-50(25-20-22-32-76)64(96)88-58(42(10)11)72(104)86-53(35-39(4)5)67(99)80-49(24-19-21-31-75)63(95)84-55(37-47-27-29-48(93)30-28-47)68(100)83-54(36-40(6)7)69(101)87-57(41(8)9)62(79)94/h27-30,38-46,49-61,92-93H,18-26,31-37,75-78H2,1-17H3,(H2,79,94)(H,80,99)(H,81,98)(H,82,103)(H,83,100)(H,84,95)(H,85,102)(H,86,104)(H,87,101)(H,88,96)(H,89,105)(H,90,106)(H,91,97). The van der Waals surface area contributed by atoms with Gasteiger partial charge in [-0.1, -0.05) is 129 Å². The molecule has 32 nitrogen and oxygen atoms in total. The molecule has 0 aliphatic heterocycles. The molecule has 0 radical (unpaired) electrons. The van der Waals surface area contributed by atoms with E-state index >= 15 is 0 Å². The average molecular weight is 1500 g/mol. The van der Waals surface area contributed by atoms with Crippen molar-refractivity contribution in [3.63, 3.8) is 0 Å². The lowest BCUT2D eigenvalue weighted by atomic mass is 9.95. The number of amides is 13. The summed E-state index contributed by atoms with van der Waals surface area (Å²) in [6, 6.07) is -10.5. The maximum absolute atomic E-state index is 14.7. The maximum Gasteiger partial charge on any atom is 0.243 e. The monoisotopic (exact) mass is 1500 g/mol. The first-order valence-corrected chi connectivity index (χ1v) is 37.8. The van der Waals surface area contributed by atoms with Crippen LogP contribution in [0.25, 0.3) is 0 Å². The van der Waals surface area contributed by atoms with Crippen LogP contribution in [0.15, 0.2) is 24.3 Å². The van der Waals surface area contributed by atoms with E-state index in [4.69, 9.17) is 28.7 Å². The van der Waals surface area contributed by atoms with Crippen LogP contribution in [0.2, 0.25) is 0 Å². The molecule has 0 saturated heterocycles. The van der Waals surface area contributed by atoms with Crippen molar-refractivity contribution in [2.75, 3.05) is 19.6 Å². The molecule has 0 saturated carbocycles. The Morgan fingerprint density at radius 3 is 0.981 bits per heavy atom. The van der Waals surface area contributed by atoms with Crippen molar-refractivity contribution in [1.29, 1.82) is 0 Å². The Morgan fingerprint density at radius 2 is 0.623 bits per heavy atom. The molecule has 24 N–H and O–H groups in total. The first-order chi connectivity index (χ1) is 49.5. The van der Waals surface area contributed by atoms with Gasteiger partial charge in [-0.25, -0.2) is 0 Å². The molecular weight excluding hydrogens is 1370 g/mol. The molecule has 1 rings (SSSR count). The van der Waals surface area contributed by atoms with Crippen LogP contribution in [0.5, 0.6) is 5.75 Å². The zero-order chi connectivity index (χ0) is 81.0. The van der Waals surface area contributed by atoms with Crippen LogP contribution in [-0.2, 0) is 68.7 Å². The van der Waals surface area contributed by atoms with Gasteiger partial charge in [0.05, 0.1) is 6.10 Å². The van der Waals surface area contributed by atoms with E-state index in [2.05, 4.69) is 63.8 Å². The molecule has 0 fully saturated rings. The quantitative estimate of drug-likeness (QED) is 0.0374. The number of aliphatic hydroxyl groups excluding tert-OH is 1. The summed E-state index contributed by atoms with van der Waals surface area (Å²) in [4.78, 5) is 183. The molecule has 0 bridgehead atoms. The van der Waals surface area contributed by atoms with Crippen molar-refractivity contribution in [3.05, 3.63) is 29.8 Å². The number of nitrogens with two attached hydrogens (primary N) is 5. The summed E-state index contributed by atoms with van der Waals surface area (Å²) < 4.78 is 0. The average Bonchev–Trinajstić information content (AvgIpc) is 0.846. The first kappa shape index (κ1) is 95.9. The van der Waals surface area contributed by atoms with Crippen LogP contribution in [0.3, 0.4) is 0 Å². The third-order valence-electron chi connectivity index (χ3n) is 18.1. The number of hydrogen-bond acceptors (Lipinski definition) is 19. The predicted octanol–water partition coefficient (Wildman–Crippen LogP) is -0.249. The molecule has 0 aliphatic carbocycles. The second-order valence-electron chi connectivity index (χ2n) is 30.6. The number of carbonyl (C=O) groups is 13. The fourth-order valence-electron chi connectivity index (χ4n) is 11.5. The highest BCUT2D eigenvalue weighted by molar-refractivity contribution is 6.00. The fourth-order valence-corrected chi connectivity index (χ4v) is 11.5. The third kappa shape index (κ3) is 34.7. The summed E-state index contributed by atoms with van der Waals surface area (Å²) in [5.41, 5.74) is 29.6. The lowest BCUT2D eigenvalue weighted by Gasteiger charge is -2.31. The topological polar surface area (TPSA) is 537 Å². The van der Waals surface area contributed by atoms with Crippen LogP contribution >= 0.6 is 0 Å². The number of primary amides is 1. The number of carbonyl (C=O) groups excluding carboxylic acids is 13. The molecule has 13 amide bonds. The van der Waals surface area contributed by atoms with Crippen molar-refractivity contribution in [2.24, 2.45) is 76.0 Å². The summed E-state index contributed by atoms with van der Waals surface area (Å²) in [5, 5.41) is 52.9. The smallest absolute Gasteiger partial charge is 0.243 e. The van der Waals surface area contributed by atoms with Crippen LogP contribution in [0, 0.1) is 47.3 Å². The highest BCUT2D eigenvalue weighted by atomic mass is 16.3. The van der Waals surface area contributed by atoms with Gasteiger partial charge >= 0.3 is 0 Å². The Balaban J connectivity index is 3.65. The van der Waals surface area contributed by atoms with Gasteiger partial charge in [-0.3, -0.25) is 62.3 Å². The van der Waals surface area contributed by atoms with Crippen molar-refractivity contribution in [3.8, 4) is 5.75 Å². The van der Waals surface area contributed by atoms with Crippen LogP contribution in [-0.4, -0.2) is 191 Å². The zero-order valence-corrected chi connectivity index (χ0v) is 65.9. The van der Waals surface area contributed by atoms with E-state index in [1.807, 2.05) is 41.5 Å². The number of hydrogen-bond donors (Lipinski definition) is 19. The second kappa shape index (κ2) is 49.0. The van der Waals surface area contributed by atoms with Gasteiger partial charge in [-0.2, -0.15) is 0 Å². The van der Waals surface area contributed by atoms with E-state index in [1.54, 1.807) is 81.4 Å². The molecule has 32 heteroatoms. The van der Waals surface area contributed by atoms with E-state index in [0.717, 1.165) is 0 Å². The molecule has 106 heavy (non-hydrogen) atoms. The Bertz CT molecular complexity index is 2970. The van der Waals surface area contributed by atoms with E-state index in [-0.39, 0.29) is 100 Å². The van der Waals surface area contributed by atoms with Crippen molar-refractivity contribution < 1.29 is 72.5 Å². The van der Waals surface area contributed by atoms with Gasteiger partial charge in [0.15, 0.2) is 0 Å². The minimum atomic E-state index is -1.37. The molecule has 15 unspecified atom stereocenters. The number of aromatic hydroxyl groups is 1. The Hall–Kier alpha value is -8.07. The van der Waals surface area contributed by atoms with E-state index in [9.17, 15) is 72.5 Å². The first-order valence-electron chi connectivity index (χ1n) is 37.8. The van der Waals surface area contributed by atoms with Crippen molar-refractivity contribution in [1.82, 2.24) is 63.8 Å². The summed E-state index contributed by atoms with van der Waals surface area (Å²) in [5.74, 6) is -13.2. The van der Waals surface area contributed by atoms with E-state index < -0.39 is 185 Å². The SMILES string of the molecule is CCC(C)C(NC(=O)C(CCCN)NC(=O)C(CC(C)C)NC(=O)C(N)C(C)O)C(=O)NC(C(=O)NC(C(=O)NC(CCCCN)C(=O)NC(C(=O)NC(CC(C)C)C(=O)NC(CCCCN)C(=O)NC(Cc1ccc(O)cc1)C(=O)NC(CC(C)C)C(=O)NC(C(N)=O)C(C)C)C(C)C)C(C)C)C(C)C. The van der Waals surface area contributed by atoms with Gasteiger partial charge in [0.2, 0.25) is 76.8 Å². The molecule has 0 spiro atoms. The van der Waals surface area contributed by atoms with E-state index in [1.165, 1.54) is 19.1 Å². The molecule has 604 valence electrons. The number of nitrogens with one attached hydrogen (secondary N) is 12. The van der Waals surface area contributed by atoms with Gasteiger partial charge in [-0.05, 0) is 162 Å². The lowest BCUT2D eigenvalue weighted by molar-refractivity contribution is -0.137. The summed E-state index contributed by atoms with van der Waals surface area (Å²) >= 11 is 0. The molecule has 0 aromatic heterocycles. The van der Waals surface area contributed by atoms with Gasteiger partial charge in [0.1, 0.15) is 84.3 Å². The minimum Gasteiger partial charge on any atom is -0.508 e. The molecule has 1 aromatic rings. The Morgan fingerprint density at radius 1 is 0.349 bits per heavy atom. The Labute approximate surface area is 627 Å². The number of aliphatic hydroxyl groups is 1. The van der Waals surface area contributed by atoms with Crippen molar-refractivity contribution in [2.45, 2.75) is 286 Å². The second-order valence-corrected chi connectivity index (χ2v) is 30.6. The number of benzene rings is 1. The number of phenols is 1. The number of unbranched alkanes of at least 4 members (excludes halogenated alkanes) is 2. The normalized spacial score (nSPS) is 15.9. The molecule has 0 aliphatic rings. The van der Waals surface area contributed by atoms with Gasteiger partial charge < -0.3 is 103 Å². The minimum absolute atomic E-state index is 0.0304. The highest BCUT2D eigenvalue weighted by Crippen LogP contribution is 2.19. The number of rotatable bonds is 51. The lowest BCUT2D eigenvalue weighted by Crippen LogP contribution is -2.63. The van der Waals surface area contributed by atoms with E-state index in [0.29, 0.717) is 37.7 Å². The molecule has 15 atom stereocenters. The molecular formula is C74H133N17O15. The van der Waals surface area contributed by atoms with Gasteiger partial charge in [0, 0.05) is 6.42 Å². The maximum atomic E-state index is 14.7. The molecule has 1 aromatic carbocycles. The third-order valence-corrected chi connectivity index (χ3v) is 18.1. The van der Waals surface area contributed by atoms with Crippen LogP contribution in [0.1, 0.15) is 200 Å². The summed E-state index contributed by atoms with van der Waals surface area (Å²) in [6.07, 6.45) is 1.30. The largest absolute Gasteiger partial charge is 0.508 e. The molecule has 0 heterocycles. The Kier molecular flexibility index (Phi) is 44.3. The predicted molar refractivity (Wildman–Crippen MR) is 405 cm³/mol. The number of phenolic OH excluding ortho intramolecular Hbond substituents is 1. The highest BCUT2D eigenvalue weighted by Gasteiger charge is 2.40. The van der Waals surface area contributed by atoms with Crippen LogP contribution < -0.4 is 92.5 Å². The summed E-state index contributed by atoms with van der Waals surface area (Å²) in [7, 11) is 0. The van der Waals surface area contributed by atoms with Crippen LogP contribution in [0.4, 0.5) is 0 Å². The summed E-state index contributed by atoms with van der Waals surface area (Å²) in [6.45, 7) is 29.8. The fraction of sp³-hybridized carbons (Fsp3) is 0.743. The van der Waals surface area contributed by atoms with Gasteiger partial charge in [-0.15, -0.1) is 0 Å².